The van der Waals surface area contributed by atoms with Crippen LogP contribution in [0.2, 0.25) is 0 Å². The molecule has 0 aliphatic heterocycles. The SMILES string of the molecule is C=C(CCCCCCCCCCCCC)C(=O)OC(F)CCCCCCC. The van der Waals surface area contributed by atoms with Gasteiger partial charge >= 0.3 is 5.97 Å². The van der Waals surface area contributed by atoms with Crippen LogP contribution in [0, 0.1) is 0 Å². The molecule has 0 saturated heterocycles. The van der Waals surface area contributed by atoms with E-state index in [2.05, 4.69) is 20.4 Å². The quantitative estimate of drug-likeness (QED) is 0.119. The van der Waals surface area contributed by atoms with Crippen LogP contribution >= 0.6 is 0 Å². The van der Waals surface area contributed by atoms with Gasteiger partial charge < -0.3 is 4.74 Å². The highest BCUT2D eigenvalue weighted by molar-refractivity contribution is 5.87. The van der Waals surface area contributed by atoms with E-state index in [1.165, 1.54) is 70.6 Å². The van der Waals surface area contributed by atoms with Gasteiger partial charge in [0.1, 0.15) is 0 Å². The molecule has 0 aliphatic carbocycles. The maximum Gasteiger partial charge on any atom is 0.335 e. The van der Waals surface area contributed by atoms with Crippen LogP contribution < -0.4 is 0 Å². The van der Waals surface area contributed by atoms with Crippen molar-refractivity contribution < 1.29 is 13.9 Å². The van der Waals surface area contributed by atoms with Crippen molar-refractivity contribution in [3.05, 3.63) is 12.2 Å². The molecule has 0 aromatic rings. The Morgan fingerprint density at radius 2 is 1.15 bits per heavy atom. The predicted octanol–water partition coefficient (Wildman–Crippen LogP) is 8.44. The molecule has 0 aromatic heterocycles. The average Bonchev–Trinajstić information content (AvgIpc) is 2.65. The summed E-state index contributed by atoms with van der Waals surface area (Å²) in [7, 11) is 0. The number of esters is 1. The van der Waals surface area contributed by atoms with Crippen LogP contribution in [0.3, 0.4) is 0 Å². The van der Waals surface area contributed by atoms with Crippen LogP contribution in [-0.2, 0) is 9.53 Å². The summed E-state index contributed by atoms with van der Waals surface area (Å²) in [5.41, 5.74) is 0.416. The molecule has 0 aromatic carbocycles. The summed E-state index contributed by atoms with van der Waals surface area (Å²) >= 11 is 0. The Balaban J connectivity index is 3.48. The number of rotatable bonds is 20. The number of unbranched alkanes of at least 4 members (excludes halogenated alkanes) is 14. The van der Waals surface area contributed by atoms with E-state index < -0.39 is 12.3 Å². The minimum absolute atomic E-state index is 0.307. The zero-order chi connectivity index (χ0) is 20.2. The normalized spacial score (nSPS) is 12.1. The maximum absolute atomic E-state index is 13.7. The highest BCUT2D eigenvalue weighted by Gasteiger charge is 2.15. The first-order valence-corrected chi connectivity index (χ1v) is 11.6. The van der Waals surface area contributed by atoms with E-state index in [4.69, 9.17) is 4.74 Å². The molecule has 1 atom stereocenters. The van der Waals surface area contributed by atoms with Gasteiger partial charge in [-0.2, -0.15) is 0 Å². The lowest BCUT2D eigenvalue weighted by Gasteiger charge is -2.11. The van der Waals surface area contributed by atoms with Crippen molar-refractivity contribution in [1.29, 1.82) is 0 Å². The molecule has 0 bridgehead atoms. The Labute approximate surface area is 168 Å². The molecule has 0 saturated carbocycles. The van der Waals surface area contributed by atoms with Crippen LogP contribution in [0.1, 0.15) is 129 Å². The summed E-state index contributed by atoms with van der Waals surface area (Å²) < 4.78 is 18.6. The fourth-order valence-electron chi connectivity index (χ4n) is 3.27. The third-order valence-electron chi connectivity index (χ3n) is 5.14. The summed E-state index contributed by atoms with van der Waals surface area (Å²) in [4.78, 5) is 11.8. The van der Waals surface area contributed by atoms with Crippen molar-refractivity contribution in [1.82, 2.24) is 0 Å². The molecule has 0 radical (unpaired) electrons. The van der Waals surface area contributed by atoms with E-state index >= 15 is 0 Å². The van der Waals surface area contributed by atoms with Crippen molar-refractivity contribution in [2.24, 2.45) is 0 Å². The minimum atomic E-state index is -1.48. The predicted molar refractivity (Wildman–Crippen MR) is 115 cm³/mol. The molecule has 1 unspecified atom stereocenters. The molecular formula is C24H45FO2. The number of hydrogen-bond acceptors (Lipinski definition) is 2. The van der Waals surface area contributed by atoms with Gasteiger partial charge in [0.25, 0.3) is 0 Å². The third-order valence-corrected chi connectivity index (χ3v) is 5.14. The van der Waals surface area contributed by atoms with E-state index in [1.54, 1.807) is 0 Å². The van der Waals surface area contributed by atoms with Crippen molar-refractivity contribution >= 4 is 5.97 Å². The van der Waals surface area contributed by atoms with Gasteiger partial charge in [-0.05, 0) is 19.3 Å². The van der Waals surface area contributed by atoms with Crippen molar-refractivity contribution in [3.8, 4) is 0 Å². The van der Waals surface area contributed by atoms with Crippen LogP contribution in [0.4, 0.5) is 4.39 Å². The fourth-order valence-corrected chi connectivity index (χ4v) is 3.27. The van der Waals surface area contributed by atoms with Gasteiger partial charge in [0.2, 0.25) is 6.36 Å². The lowest BCUT2D eigenvalue weighted by Crippen LogP contribution is -2.15. The fraction of sp³-hybridized carbons (Fsp3) is 0.875. The van der Waals surface area contributed by atoms with E-state index in [1.807, 2.05) is 0 Å². The van der Waals surface area contributed by atoms with E-state index in [0.717, 1.165) is 32.1 Å². The lowest BCUT2D eigenvalue weighted by molar-refractivity contribution is -0.153. The Hall–Kier alpha value is -0.860. The van der Waals surface area contributed by atoms with Gasteiger partial charge in [-0.25, -0.2) is 9.18 Å². The van der Waals surface area contributed by atoms with E-state index in [0.29, 0.717) is 18.4 Å². The maximum atomic E-state index is 13.7. The second kappa shape index (κ2) is 19.9. The Bertz CT molecular complexity index is 354. The molecule has 0 spiro atoms. The second-order valence-electron chi connectivity index (χ2n) is 7.91. The second-order valence-corrected chi connectivity index (χ2v) is 7.91. The highest BCUT2D eigenvalue weighted by Crippen LogP contribution is 2.16. The van der Waals surface area contributed by atoms with Crippen LogP contribution in [0.5, 0.6) is 0 Å². The number of carbonyl (C=O) groups excluding carboxylic acids is 1. The van der Waals surface area contributed by atoms with Gasteiger partial charge in [0.15, 0.2) is 0 Å². The Morgan fingerprint density at radius 1 is 0.741 bits per heavy atom. The highest BCUT2D eigenvalue weighted by atomic mass is 19.1. The van der Waals surface area contributed by atoms with Gasteiger partial charge in [-0.3, -0.25) is 0 Å². The molecule has 0 amide bonds. The summed E-state index contributed by atoms with van der Waals surface area (Å²) in [5.74, 6) is -0.553. The average molecular weight is 385 g/mol. The third kappa shape index (κ3) is 18.3. The standard InChI is InChI=1S/C24H45FO2/c1-4-6-8-10-11-12-13-14-15-17-18-20-22(3)24(26)27-23(25)21-19-16-9-7-5-2/h23H,3-21H2,1-2H3. The number of alkyl halides is 1. The van der Waals surface area contributed by atoms with Gasteiger partial charge in [0, 0.05) is 12.0 Å². The summed E-state index contributed by atoms with van der Waals surface area (Å²) in [6, 6.07) is 0. The van der Waals surface area contributed by atoms with Crippen molar-refractivity contribution in [3.63, 3.8) is 0 Å². The molecule has 160 valence electrons. The largest absolute Gasteiger partial charge is 0.428 e. The monoisotopic (exact) mass is 384 g/mol. The number of hydrogen-bond donors (Lipinski definition) is 0. The van der Waals surface area contributed by atoms with Crippen molar-refractivity contribution in [2.75, 3.05) is 0 Å². The molecular weight excluding hydrogens is 339 g/mol. The van der Waals surface area contributed by atoms with E-state index in [-0.39, 0.29) is 0 Å². The summed E-state index contributed by atoms with van der Waals surface area (Å²) in [6.07, 6.45) is 18.7. The molecule has 0 N–H and O–H groups in total. The van der Waals surface area contributed by atoms with E-state index in [9.17, 15) is 9.18 Å². The molecule has 0 heterocycles. The number of halogens is 1. The van der Waals surface area contributed by atoms with Crippen molar-refractivity contribution in [2.45, 2.75) is 136 Å². The van der Waals surface area contributed by atoms with Crippen LogP contribution in [0.25, 0.3) is 0 Å². The summed E-state index contributed by atoms with van der Waals surface area (Å²) in [6.45, 7) is 8.17. The first kappa shape index (κ1) is 26.1. The minimum Gasteiger partial charge on any atom is -0.428 e. The smallest absolute Gasteiger partial charge is 0.335 e. The zero-order valence-corrected chi connectivity index (χ0v) is 18.2. The van der Waals surface area contributed by atoms with Gasteiger partial charge in [0.05, 0.1) is 0 Å². The Morgan fingerprint density at radius 3 is 1.63 bits per heavy atom. The summed E-state index contributed by atoms with van der Waals surface area (Å²) in [5, 5.41) is 0. The Kier molecular flexibility index (Phi) is 19.3. The first-order chi connectivity index (χ1) is 13.1. The van der Waals surface area contributed by atoms with Gasteiger partial charge in [-0.15, -0.1) is 0 Å². The lowest BCUT2D eigenvalue weighted by atomic mass is 10.0. The first-order valence-electron chi connectivity index (χ1n) is 11.6. The molecule has 3 heteroatoms. The number of carbonyl (C=O) groups is 1. The molecule has 2 nitrogen and oxygen atoms in total. The molecule has 0 fully saturated rings. The van der Waals surface area contributed by atoms with Crippen LogP contribution in [-0.4, -0.2) is 12.3 Å². The molecule has 0 aliphatic rings. The molecule has 0 rings (SSSR count). The van der Waals surface area contributed by atoms with Crippen LogP contribution in [0.15, 0.2) is 12.2 Å². The van der Waals surface area contributed by atoms with Gasteiger partial charge in [-0.1, -0.05) is 110 Å². The topological polar surface area (TPSA) is 26.3 Å². The number of ether oxygens (including phenoxy) is 1. The molecule has 27 heavy (non-hydrogen) atoms. The zero-order valence-electron chi connectivity index (χ0n) is 18.2.